The molecule has 0 aliphatic rings. The van der Waals surface area contributed by atoms with Gasteiger partial charge in [0.05, 0.1) is 0 Å². The van der Waals surface area contributed by atoms with Crippen molar-refractivity contribution in [2.75, 3.05) is 17.7 Å². The van der Waals surface area contributed by atoms with Gasteiger partial charge >= 0.3 is 0 Å². The fraction of sp³-hybridized carbons (Fsp3) is 0.250. The summed E-state index contributed by atoms with van der Waals surface area (Å²) in [7, 11) is 2.10. The molecule has 0 unspecified atom stereocenters. The topological polar surface area (TPSA) is 29.3 Å². The molecule has 2 rings (SSSR count). The summed E-state index contributed by atoms with van der Waals surface area (Å²) in [6.45, 7) is 5.02. The summed E-state index contributed by atoms with van der Waals surface area (Å²) in [4.78, 5) is 2.24. The van der Waals surface area contributed by atoms with E-state index in [2.05, 4.69) is 55.3 Å². The molecule has 18 heavy (non-hydrogen) atoms. The Labute approximate surface area is 109 Å². The number of hydrogen-bond acceptors (Lipinski definition) is 2. The number of hydrogen-bond donors (Lipinski definition) is 1. The zero-order valence-corrected chi connectivity index (χ0v) is 11.3. The molecule has 0 amide bonds. The summed E-state index contributed by atoms with van der Waals surface area (Å²) in [6.07, 6.45) is 0. The molecule has 2 aromatic rings. The molecule has 0 fully saturated rings. The third-order valence-electron chi connectivity index (χ3n) is 3.38. The van der Waals surface area contributed by atoms with E-state index in [-0.39, 0.29) is 0 Å². The van der Waals surface area contributed by atoms with Crippen molar-refractivity contribution >= 4 is 11.4 Å². The van der Waals surface area contributed by atoms with Gasteiger partial charge in [0, 0.05) is 25.0 Å². The summed E-state index contributed by atoms with van der Waals surface area (Å²) in [5.41, 5.74) is 11.8. The third kappa shape index (κ3) is 2.48. The number of benzene rings is 2. The van der Waals surface area contributed by atoms with Gasteiger partial charge in [0.25, 0.3) is 0 Å². The number of rotatable bonds is 3. The minimum atomic E-state index is 0.893. The normalized spacial score (nSPS) is 10.4. The smallest absolute Gasteiger partial charge is 0.0426 e. The van der Waals surface area contributed by atoms with Crippen molar-refractivity contribution in [3.05, 3.63) is 59.2 Å². The molecule has 2 heteroatoms. The first kappa shape index (κ1) is 12.5. The van der Waals surface area contributed by atoms with E-state index in [1.54, 1.807) is 0 Å². The molecule has 0 aromatic heterocycles. The van der Waals surface area contributed by atoms with Gasteiger partial charge < -0.3 is 10.6 Å². The lowest BCUT2D eigenvalue weighted by atomic mass is 10.1. The molecule has 0 radical (unpaired) electrons. The number of anilines is 2. The molecule has 94 valence electrons. The molecule has 0 atom stereocenters. The molecule has 2 aromatic carbocycles. The summed E-state index contributed by atoms with van der Waals surface area (Å²) in [5, 5.41) is 0. The molecule has 2 nitrogen and oxygen atoms in total. The molecule has 2 N–H and O–H groups in total. The quantitative estimate of drug-likeness (QED) is 0.832. The highest BCUT2D eigenvalue weighted by atomic mass is 15.1. The van der Waals surface area contributed by atoms with Crippen LogP contribution >= 0.6 is 0 Å². The lowest BCUT2D eigenvalue weighted by Gasteiger charge is -2.23. The predicted molar refractivity (Wildman–Crippen MR) is 78.9 cm³/mol. The van der Waals surface area contributed by atoms with Gasteiger partial charge in [0.1, 0.15) is 0 Å². The summed E-state index contributed by atoms with van der Waals surface area (Å²) < 4.78 is 0. The van der Waals surface area contributed by atoms with Crippen LogP contribution < -0.4 is 10.6 Å². The van der Waals surface area contributed by atoms with Gasteiger partial charge in [0.15, 0.2) is 0 Å². The number of aryl methyl sites for hydroxylation is 1. The van der Waals surface area contributed by atoms with Gasteiger partial charge in [-0.15, -0.1) is 0 Å². The van der Waals surface area contributed by atoms with Crippen LogP contribution in [0.5, 0.6) is 0 Å². The van der Waals surface area contributed by atoms with Gasteiger partial charge in [-0.25, -0.2) is 0 Å². The largest absolute Gasteiger partial charge is 0.398 e. The maximum atomic E-state index is 6.09. The van der Waals surface area contributed by atoms with Gasteiger partial charge in [-0.05, 0) is 36.6 Å². The summed E-state index contributed by atoms with van der Waals surface area (Å²) in [6, 6.07) is 14.7. The fourth-order valence-corrected chi connectivity index (χ4v) is 2.21. The monoisotopic (exact) mass is 240 g/mol. The zero-order valence-electron chi connectivity index (χ0n) is 11.3. The molecule has 0 aliphatic carbocycles. The van der Waals surface area contributed by atoms with Gasteiger partial charge in [-0.2, -0.15) is 0 Å². The Bertz CT molecular complexity index is 532. The maximum absolute atomic E-state index is 6.09. The van der Waals surface area contributed by atoms with E-state index in [0.29, 0.717) is 0 Å². The van der Waals surface area contributed by atoms with Crippen LogP contribution in [0.1, 0.15) is 16.7 Å². The Morgan fingerprint density at radius 2 is 1.67 bits per heavy atom. The predicted octanol–water partition coefficient (Wildman–Crippen LogP) is 3.52. The second-order valence-electron chi connectivity index (χ2n) is 4.78. The highest BCUT2D eigenvalue weighted by Gasteiger charge is 2.08. The van der Waals surface area contributed by atoms with Gasteiger partial charge in [-0.3, -0.25) is 0 Å². The van der Waals surface area contributed by atoms with Crippen LogP contribution in [0.4, 0.5) is 11.4 Å². The average molecular weight is 240 g/mol. The van der Waals surface area contributed by atoms with Crippen LogP contribution in [0.2, 0.25) is 0 Å². The van der Waals surface area contributed by atoms with Crippen LogP contribution in [-0.2, 0) is 6.54 Å². The van der Waals surface area contributed by atoms with E-state index in [4.69, 9.17) is 5.73 Å². The fourth-order valence-electron chi connectivity index (χ4n) is 2.21. The van der Waals surface area contributed by atoms with Crippen LogP contribution in [0.25, 0.3) is 0 Å². The third-order valence-corrected chi connectivity index (χ3v) is 3.38. The minimum Gasteiger partial charge on any atom is -0.398 e. The molecule has 0 bridgehead atoms. The van der Waals surface area contributed by atoms with E-state index >= 15 is 0 Å². The second kappa shape index (κ2) is 5.13. The summed E-state index contributed by atoms with van der Waals surface area (Å²) in [5.74, 6) is 0. The van der Waals surface area contributed by atoms with Crippen molar-refractivity contribution in [1.82, 2.24) is 0 Å². The first-order valence-electron chi connectivity index (χ1n) is 6.20. The van der Waals surface area contributed by atoms with E-state index in [0.717, 1.165) is 23.4 Å². The molecular weight excluding hydrogens is 220 g/mol. The Kier molecular flexibility index (Phi) is 3.56. The van der Waals surface area contributed by atoms with Crippen LogP contribution in [-0.4, -0.2) is 7.05 Å². The van der Waals surface area contributed by atoms with Crippen molar-refractivity contribution < 1.29 is 0 Å². The highest BCUT2D eigenvalue weighted by molar-refractivity contribution is 5.67. The van der Waals surface area contributed by atoms with Crippen LogP contribution in [0, 0.1) is 13.8 Å². The van der Waals surface area contributed by atoms with Crippen LogP contribution in [0.3, 0.4) is 0 Å². The number of nitrogen functional groups attached to an aromatic ring is 1. The second-order valence-corrected chi connectivity index (χ2v) is 4.78. The summed E-state index contributed by atoms with van der Waals surface area (Å²) >= 11 is 0. The molecule has 0 saturated carbocycles. The van der Waals surface area contributed by atoms with Crippen molar-refractivity contribution in [1.29, 1.82) is 0 Å². The first-order chi connectivity index (χ1) is 8.59. The van der Waals surface area contributed by atoms with Crippen molar-refractivity contribution in [2.24, 2.45) is 0 Å². The van der Waals surface area contributed by atoms with Gasteiger partial charge in [-0.1, -0.05) is 36.4 Å². The Morgan fingerprint density at radius 1 is 1.00 bits per heavy atom. The molecule has 0 heterocycles. The lowest BCUT2D eigenvalue weighted by Crippen LogP contribution is -2.18. The lowest BCUT2D eigenvalue weighted by molar-refractivity contribution is 0.917. The van der Waals surface area contributed by atoms with Gasteiger partial charge in [0.2, 0.25) is 0 Å². The van der Waals surface area contributed by atoms with E-state index in [1.165, 1.54) is 11.3 Å². The average Bonchev–Trinajstić information content (AvgIpc) is 2.37. The maximum Gasteiger partial charge on any atom is 0.0426 e. The minimum absolute atomic E-state index is 0.893. The standard InChI is InChI=1S/C16H20N2/c1-12-9-10-15(13(2)16(12)17)18(3)11-14-7-5-4-6-8-14/h4-10H,11,17H2,1-3H3. The van der Waals surface area contributed by atoms with E-state index < -0.39 is 0 Å². The van der Waals surface area contributed by atoms with Crippen molar-refractivity contribution in [2.45, 2.75) is 20.4 Å². The first-order valence-corrected chi connectivity index (χ1v) is 6.20. The number of nitrogens with zero attached hydrogens (tertiary/aromatic N) is 1. The zero-order chi connectivity index (χ0) is 13.1. The Hall–Kier alpha value is -1.96. The molecule has 0 aliphatic heterocycles. The van der Waals surface area contributed by atoms with E-state index in [9.17, 15) is 0 Å². The molecular formula is C16H20N2. The molecule has 0 saturated heterocycles. The van der Waals surface area contributed by atoms with Crippen molar-refractivity contribution in [3.8, 4) is 0 Å². The Balaban J connectivity index is 2.24. The Morgan fingerprint density at radius 3 is 2.33 bits per heavy atom. The molecule has 0 spiro atoms. The highest BCUT2D eigenvalue weighted by Crippen LogP contribution is 2.27. The van der Waals surface area contributed by atoms with Crippen molar-refractivity contribution in [3.63, 3.8) is 0 Å². The van der Waals surface area contributed by atoms with Crippen LogP contribution in [0.15, 0.2) is 42.5 Å². The SMILES string of the molecule is Cc1ccc(N(C)Cc2ccccc2)c(C)c1N. The van der Waals surface area contributed by atoms with E-state index in [1.807, 2.05) is 13.0 Å². The number of nitrogens with two attached hydrogens (primary N) is 1.